The first-order chi connectivity index (χ1) is 21.8. The van der Waals surface area contributed by atoms with Crippen molar-refractivity contribution in [3.05, 3.63) is 71.7 Å². The molecule has 0 radical (unpaired) electrons. The van der Waals surface area contributed by atoms with Gasteiger partial charge in [0, 0.05) is 42.3 Å². The molecule has 11 nitrogen and oxygen atoms in total. The SMILES string of the molecule is CCc1cc(Nc2nccn3c(-c4ccc(OC)cc4C(F)(F)F)cnc23)ccc1C(=O)NCCOCCNC(=O)OC(C)(C)C. The van der Waals surface area contributed by atoms with Gasteiger partial charge in [-0.25, -0.2) is 14.8 Å². The van der Waals surface area contributed by atoms with Crippen LogP contribution < -0.4 is 20.7 Å². The molecular formula is C32H37F3N6O5. The molecule has 0 spiro atoms. The number of ether oxygens (including phenoxy) is 3. The number of hydrogen-bond acceptors (Lipinski definition) is 8. The molecule has 14 heteroatoms. The Hall–Kier alpha value is -4.85. The molecule has 0 bridgehead atoms. The van der Waals surface area contributed by atoms with Crippen LogP contribution in [0.15, 0.2) is 55.0 Å². The summed E-state index contributed by atoms with van der Waals surface area (Å²) in [6.45, 7) is 8.31. The second-order valence-electron chi connectivity index (χ2n) is 11.2. The highest BCUT2D eigenvalue weighted by Crippen LogP contribution is 2.39. The van der Waals surface area contributed by atoms with Crippen LogP contribution in [-0.2, 0) is 22.1 Å². The zero-order valence-electron chi connectivity index (χ0n) is 26.2. The van der Waals surface area contributed by atoms with Gasteiger partial charge in [-0.2, -0.15) is 13.2 Å². The number of nitrogens with one attached hydrogen (secondary N) is 3. The van der Waals surface area contributed by atoms with Gasteiger partial charge < -0.3 is 30.2 Å². The van der Waals surface area contributed by atoms with Gasteiger partial charge in [0.05, 0.1) is 37.8 Å². The number of alkyl carbamates (subject to hydrolysis) is 1. The van der Waals surface area contributed by atoms with E-state index >= 15 is 0 Å². The van der Waals surface area contributed by atoms with E-state index in [1.807, 2.05) is 13.0 Å². The van der Waals surface area contributed by atoms with Crippen molar-refractivity contribution in [3.63, 3.8) is 0 Å². The van der Waals surface area contributed by atoms with Gasteiger partial charge in [-0.15, -0.1) is 0 Å². The third-order valence-electron chi connectivity index (χ3n) is 6.68. The van der Waals surface area contributed by atoms with Gasteiger partial charge in [-0.1, -0.05) is 6.92 Å². The summed E-state index contributed by atoms with van der Waals surface area (Å²) in [6.07, 6.45) is -0.195. The Morgan fingerprint density at radius 1 is 0.978 bits per heavy atom. The van der Waals surface area contributed by atoms with Crippen LogP contribution in [0.4, 0.5) is 29.5 Å². The predicted molar refractivity (Wildman–Crippen MR) is 166 cm³/mol. The zero-order chi connectivity index (χ0) is 33.5. The third kappa shape index (κ3) is 8.65. The van der Waals surface area contributed by atoms with Crippen molar-refractivity contribution < 1.29 is 37.0 Å². The third-order valence-corrected chi connectivity index (χ3v) is 6.68. The van der Waals surface area contributed by atoms with Gasteiger partial charge >= 0.3 is 12.3 Å². The summed E-state index contributed by atoms with van der Waals surface area (Å²) in [5.41, 5.74) is 0.971. The number of carbonyl (C=O) groups is 2. The van der Waals surface area contributed by atoms with Gasteiger partial charge in [0.25, 0.3) is 5.91 Å². The standard InChI is InChI=1S/C32H37F3N6O5/c1-6-20-17-21(7-9-23(20)29(42)37-12-15-45-16-13-38-30(43)46-31(2,3)4)40-27-28-39-19-26(41(28)14-11-36-27)24-10-8-22(44-5)18-25(24)32(33,34)35/h7-11,14,17-19H,6,12-13,15-16H2,1-5H3,(H,36,40)(H,37,42)(H,38,43). The van der Waals surface area contributed by atoms with Crippen molar-refractivity contribution in [1.29, 1.82) is 0 Å². The smallest absolute Gasteiger partial charge is 0.417 e. The lowest BCUT2D eigenvalue weighted by Crippen LogP contribution is -2.34. The Labute approximate surface area is 264 Å². The largest absolute Gasteiger partial charge is 0.497 e. The maximum Gasteiger partial charge on any atom is 0.417 e. The van der Waals surface area contributed by atoms with E-state index in [0.717, 1.165) is 11.6 Å². The zero-order valence-corrected chi connectivity index (χ0v) is 26.2. The molecule has 4 rings (SSSR count). The molecule has 246 valence electrons. The number of rotatable bonds is 12. The highest BCUT2D eigenvalue weighted by atomic mass is 19.4. The van der Waals surface area contributed by atoms with Crippen molar-refractivity contribution in [1.82, 2.24) is 25.0 Å². The average molecular weight is 643 g/mol. The summed E-state index contributed by atoms with van der Waals surface area (Å²) < 4.78 is 58.9. The molecule has 46 heavy (non-hydrogen) atoms. The lowest BCUT2D eigenvalue weighted by atomic mass is 10.0. The van der Waals surface area contributed by atoms with Crippen LogP contribution >= 0.6 is 0 Å². The first kappa shape index (κ1) is 34.0. The minimum atomic E-state index is -4.61. The van der Waals surface area contributed by atoms with Crippen LogP contribution in [0.2, 0.25) is 0 Å². The molecule has 0 aliphatic rings. The fourth-order valence-electron chi connectivity index (χ4n) is 4.61. The summed E-state index contributed by atoms with van der Waals surface area (Å²) in [6, 6.07) is 8.99. The molecule has 0 unspecified atom stereocenters. The summed E-state index contributed by atoms with van der Waals surface area (Å²) in [4.78, 5) is 33.3. The number of benzene rings is 2. The van der Waals surface area contributed by atoms with Crippen molar-refractivity contribution in [2.24, 2.45) is 0 Å². The number of methoxy groups -OCH3 is 1. The van der Waals surface area contributed by atoms with Crippen molar-refractivity contribution in [3.8, 4) is 17.0 Å². The molecule has 2 aromatic heterocycles. The molecule has 0 saturated heterocycles. The Bertz CT molecular complexity index is 1680. The lowest BCUT2D eigenvalue weighted by Gasteiger charge is -2.19. The number of imidazole rings is 1. The molecule has 4 aromatic rings. The Kier molecular flexibility index (Phi) is 10.7. The topological polar surface area (TPSA) is 128 Å². The van der Waals surface area contributed by atoms with Crippen LogP contribution in [0.3, 0.4) is 0 Å². The molecule has 0 fully saturated rings. The number of carbonyl (C=O) groups excluding carboxylic acids is 2. The molecule has 0 saturated carbocycles. The second-order valence-corrected chi connectivity index (χ2v) is 11.2. The molecule has 2 amide bonds. The molecule has 0 aliphatic heterocycles. The lowest BCUT2D eigenvalue weighted by molar-refractivity contribution is -0.137. The van der Waals surface area contributed by atoms with E-state index in [4.69, 9.17) is 14.2 Å². The number of anilines is 2. The number of aromatic nitrogens is 3. The fourth-order valence-corrected chi connectivity index (χ4v) is 4.61. The Morgan fingerprint density at radius 3 is 2.39 bits per heavy atom. The van der Waals surface area contributed by atoms with E-state index in [-0.39, 0.29) is 49.2 Å². The summed E-state index contributed by atoms with van der Waals surface area (Å²) in [5, 5.41) is 8.61. The van der Waals surface area contributed by atoms with Crippen LogP contribution in [0.5, 0.6) is 5.75 Å². The van der Waals surface area contributed by atoms with Gasteiger partial charge in [-0.3, -0.25) is 9.20 Å². The summed E-state index contributed by atoms with van der Waals surface area (Å²) >= 11 is 0. The van der Waals surface area contributed by atoms with Crippen LogP contribution in [0, 0.1) is 0 Å². The van der Waals surface area contributed by atoms with E-state index in [1.54, 1.807) is 39.1 Å². The number of amides is 2. The predicted octanol–water partition coefficient (Wildman–Crippen LogP) is 6.00. The van der Waals surface area contributed by atoms with Gasteiger partial charge in [0.15, 0.2) is 11.5 Å². The minimum Gasteiger partial charge on any atom is -0.497 e. The van der Waals surface area contributed by atoms with E-state index in [2.05, 4.69) is 25.9 Å². The van der Waals surface area contributed by atoms with Gasteiger partial charge in [0.2, 0.25) is 0 Å². The monoisotopic (exact) mass is 642 g/mol. The first-order valence-electron chi connectivity index (χ1n) is 14.6. The van der Waals surface area contributed by atoms with Crippen LogP contribution in [0.1, 0.15) is 49.2 Å². The number of aryl methyl sites for hydroxylation is 1. The van der Waals surface area contributed by atoms with E-state index < -0.39 is 23.4 Å². The van der Waals surface area contributed by atoms with Crippen molar-refractivity contribution in [2.75, 3.05) is 38.7 Å². The minimum absolute atomic E-state index is 0.0514. The highest BCUT2D eigenvalue weighted by molar-refractivity contribution is 5.96. The Balaban J connectivity index is 1.40. The van der Waals surface area contributed by atoms with Crippen LogP contribution in [0.25, 0.3) is 16.9 Å². The number of halogens is 3. The normalized spacial score (nSPS) is 11.7. The van der Waals surface area contributed by atoms with Crippen molar-refractivity contribution >= 4 is 29.2 Å². The number of fused-ring (bicyclic) bond motifs is 1. The van der Waals surface area contributed by atoms with E-state index in [1.165, 1.54) is 36.0 Å². The maximum absolute atomic E-state index is 13.9. The molecule has 2 heterocycles. The molecule has 3 N–H and O–H groups in total. The maximum atomic E-state index is 13.9. The summed E-state index contributed by atoms with van der Waals surface area (Å²) in [5.74, 6) is 0.154. The fraction of sp³-hybridized carbons (Fsp3) is 0.375. The first-order valence-corrected chi connectivity index (χ1v) is 14.6. The summed E-state index contributed by atoms with van der Waals surface area (Å²) in [7, 11) is 1.31. The van der Waals surface area contributed by atoms with E-state index in [0.29, 0.717) is 29.1 Å². The van der Waals surface area contributed by atoms with Gasteiger partial charge in [-0.05, 0) is 69.2 Å². The van der Waals surface area contributed by atoms with E-state index in [9.17, 15) is 22.8 Å². The molecule has 0 aliphatic carbocycles. The average Bonchev–Trinajstić information content (AvgIpc) is 3.44. The number of nitrogens with zero attached hydrogens (tertiary/aromatic N) is 3. The van der Waals surface area contributed by atoms with Crippen LogP contribution in [-0.4, -0.2) is 65.4 Å². The Morgan fingerprint density at radius 2 is 1.72 bits per heavy atom. The quantitative estimate of drug-likeness (QED) is 0.161. The van der Waals surface area contributed by atoms with Gasteiger partial charge in [0.1, 0.15) is 11.4 Å². The molecule has 2 aromatic carbocycles. The number of alkyl halides is 3. The molecular weight excluding hydrogens is 605 g/mol. The van der Waals surface area contributed by atoms with Crippen molar-refractivity contribution in [2.45, 2.75) is 45.9 Å². The highest BCUT2D eigenvalue weighted by Gasteiger charge is 2.35. The number of hydrogen-bond donors (Lipinski definition) is 3. The molecule has 0 atom stereocenters. The second kappa shape index (κ2) is 14.5.